The van der Waals surface area contributed by atoms with Crippen LogP contribution < -0.4 is 5.73 Å². The number of benzene rings is 1. The lowest BCUT2D eigenvalue weighted by Crippen LogP contribution is -2.03. The molecule has 0 spiro atoms. The third kappa shape index (κ3) is 2.23. The first kappa shape index (κ1) is 12.9. The normalized spacial score (nSPS) is 10.3. The molecule has 102 valence electrons. The van der Waals surface area contributed by atoms with Crippen LogP contribution in [0.5, 0.6) is 0 Å². The summed E-state index contributed by atoms with van der Waals surface area (Å²) in [4.78, 5) is 4.22. The van der Waals surface area contributed by atoms with Gasteiger partial charge in [-0.25, -0.2) is 4.98 Å². The molecule has 0 aliphatic rings. The van der Waals surface area contributed by atoms with Crippen molar-refractivity contribution in [2.24, 2.45) is 0 Å². The van der Waals surface area contributed by atoms with Gasteiger partial charge in [0.25, 0.3) is 0 Å². The maximum atomic E-state index is 9.37. The monoisotopic (exact) mass is 275 g/mol. The summed E-state index contributed by atoms with van der Waals surface area (Å²) in [5, 5.41) is 13.8. The molecule has 5 nitrogen and oxygen atoms in total. The van der Waals surface area contributed by atoms with E-state index in [2.05, 4.69) is 16.2 Å². The van der Waals surface area contributed by atoms with Crippen molar-refractivity contribution in [3.05, 3.63) is 59.8 Å². The van der Waals surface area contributed by atoms with Gasteiger partial charge in [-0.3, -0.25) is 0 Å². The van der Waals surface area contributed by atoms with Crippen LogP contribution in [-0.4, -0.2) is 14.8 Å². The summed E-state index contributed by atoms with van der Waals surface area (Å²) < 4.78 is 1.49. The van der Waals surface area contributed by atoms with Crippen LogP contribution in [0.1, 0.15) is 11.1 Å². The van der Waals surface area contributed by atoms with Crippen LogP contribution in [0.4, 0.5) is 5.82 Å². The van der Waals surface area contributed by atoms with Gasteiger partial charge < -0.3 is 5.73 Å². The molecule has 5 heteroatoms. The highest BCUT2D eigenvalue weighted by Crippen LogP contribution is 2.28. The molecule has 0 aliphatic carbocycles. The second-order valence-electron chi connectivity index (χ2n) is 4.69. The molecular formula is C16H13N5. The molecule has 0 atom stereocenters. The summed E-state index contributed by atoms with van der Waals surface area (Å²) in [6, 6.07) is 15.4. The first-order valence-electron chi connectivity index (χ1n) is 6.47. The number of nitrogens with zero attached hydrogens (tertiary/aromatic N) is 4. The average Bonchev–Trinajstić information content (AvgIpc) is 2.85. The third-order valence-corrected chi connectivity index (χ3v) is 3.22. The van der Waals surface area contributed by atoms with Gasteiger partial charge in [-0.15, -0.1) is 0 Å². The molecule has 0 saturated heterocycles. The van der Waals surface area contributed by atoms with E-state index in [0.717, 1.165) is 11.1 Å². The Bertz CT molecular complexity index is 810. The maximum Gasteiger partial charge on any atom is 0.155 e. The topological polar surface area (TPSA) is 80.5 Å². The standard InChI is InChI=1S/C16H13N5/c1-11-5-7-12(8-6-11)15-13(10-17)16(18)21(20-15)14-4-2-3-9-19-14/h2-9H,18H2,1H3. The minimum Gasteiger partial charge on any atom is -0.382 e. The van der Waals surface area contributed by atoms with Crippen molar-refractivity contribution >= 4 is 5.82 Å². The van der Waals surface area contributed by atoms with E-state index in [4.69, 9.17) is 5.73 Å². The number of hydrogen-bond donors (Lipinski definition) is 1. The number of nitrogen functional groups attached to an aromatic ring is 1. The molecule has 0 saturated carbocycles. The lowest BCUT2D eigenvalue weighted by molar-refractivity contribution is 0.860. The second-order valence-corrected chi connectivity index (χ2v) is 4.69. The molecule has 2 aromatic heterocycles. The molecular weight excluding hydrogens is 262 g/mol. The Morgan fingerprint density at radius 3 is 2.52 bits per heavy atom. The Morgan fingerprint density at radius 1 is 1.14 bits per heavy atom. The number of rotatable bonds is 2. The first-order chi connectivity index (χ1) is 10.2. The van der Waals surface area contributed by atoms with Crippen molar-refractivity contribution in [2.45, 2.75) is 6.92 Å². The molecule has 1 aromatic carbocycles. The van der Waals surface area contributed by atoms with Crippen LogP contribution >= 0.6 is 0 Å². The highest BCUT2D eigenvalue weighted by Gasteiger charge is 2.18. The van der Waals surface area contributed by atoms with E-state index in [9.17, 15) is 5.26 Å². The second kappa shape index (κ2) is 5.10. The van der Waals surface area contributed by atoms with Crippen molar-refractivity contribution in [3.8, 4) is 23.1 Å². The zero-order valence-corrected chi connectivity index (χ0v) is 11.5. The largest absolute Gasteiger partial charge is 0.382 e. The Morgan fingerprint density at radius 2 is 1.90 bits per heavy atom. The number of nitrogens with two attached hydrogens (primary N) is 1. The van der Waals surface area contributed by atoms with Crippen molar-refractivity contribution in [2.75, 3.05) is 5.73 Å². The van der Waals surface area contributed by atoms with E-state index in [-0.39, 0.29) is 0 Å². The number of aromatic nitrogens is 3. The summed E-state index contributed by atoms with van der Waals surface area (Å²) in [7, 11) is 0. The van der Waals surface area contributed by atoms with Gasteiger partial charge in [-0.05, 0) is 19.1 Å². The Balaban J connectivity index is 2.19. The predicted molar refractivity (Wildman–Crippen MR) is 80.7 cm³/mol. The van der Waals surface area contributed by atoms with Gasteiger partial charge in [0, 0.05) is 11.8 Å². The van der Waals surface area contributed by atoms with Crippen molar-refractivity contribution < 1.29 is 0 Å². The van der Waals surface area contributed by atoms with Crippen molar-refractivity contribution in [3.63, 3.8) is 0 Å². The van der Waals surface area contributed by atoms with Crippen LogP contribution in [0.25, 0.3) is 17.1 Å². The minimum absolute atomic E-state index is 0.298. The fourth-order valence-corrected chi connectivity index (χ4v) is 2.11. The molecule has 0 bridgehead atoms. The highest BCUT2D eigenvalue weighted by atomic mass is 15.3. The number of hydrogen-bond acceptors (Lipinski definition) is 4. The molecule has 0 amide bonds. The molecule has 3 aromatic rings. The summed E-state index contributed by atoms with van der Waals surface area (Å²) >= 11 is 0. The van der Waals surface area contributed by atoms with Crippen molar-refractivity contribution in [1.29, 1.82) is 5.26 Å². The molecule has 3 rings (SSSR count). The number of anilines is 1. The van der Waals surface area contributed by atoms with Gasteiger partial charge in [0.1, 0.15) is 23.1 Å². The van der Waals surface area contributed by atoms with Gasteiger partial charge in [-0.2, -0.15) is 15.0 Å². The first-order valence-corrected chi connectivity index (χ1v) is 6.47. The summed E-state index contributed by atoms with van der Waals surface area (Å²) in [5.41, 5.74) is 8.99. The van der Waals surface area contributed by atoms with Crippen LogP contribution in [0, 0.1) is 18.3 Å². The summed E-state index contributed by atoms with van der Waals surface area (Å²) in [6.45, 7) is 2.01. The van der Waals surface area contributed by atoms with E-state index in [1.54, 1.807) is 12.3 Å². The quantitative estimate of drug-likeness (QED) is 0.779. The summed E-state index contributed by atoms with van der Waals surface area (Å²) in [5.74, 6) is 0.886. The molecule has 2 heterocycles. The zero-order valence-electron chi connectivity index (χ0n) is 11.5. The van der Waals surface area contributed by atoms with E-state index >= 15 is 0 Å². The lowest BCUT2D eigenvalue weighted by Gasteiger charge is -2.01. The third-order valence-electron chi connectivity index (χ3n) is 3.22. The van der Waals surface area contributed by atoms with Crippen LogP contribution in [0.2, 0.25) is 0 Å². The van der Waals surface area contributed by atoms with E-state index < -0.39 is 0 Å². The fourth-order valence-electron chi connectivity index (χ4n) is 2.11. The minimum atomic E-state index is 0.298. The van der Waals surface area contributed by atoms with E-state index in [1.807, 2.05) is 43.3 Å². The van der Waals surface area contributed by atoms with Crippen molar-refractivity contribution in [1.82, 2.24) is 14.8 Å². The SMILES string of the molecule is Cc1ccc(-c2nn(-c3ccccn3)c(N)c2C#N)cc1. The Kier molecular flexibility index (Phi) is 3.13. The van der Waals surface area contributed by atoms with Gasteiger partial charge in [0.05, 0.1) is 0 Å². The van der Waals surface area contributed by atoms with Crippen LogP contribution in [-0.2, 0) is 0 Å². The van der Waals surface area contributed by atoms with Crippen LogP contribution in [0.15, 0.2) is 48.7 Å². The van der Waals surface area contributed by atoms with Crippen LogP contribution in [0.3, 0.4) is 0 Å². The molecule has 21 heavy (non-hydrogen) atoms. The van der Waals surface area contributed by atoms with Gasteiger partial charge in [0.15, 0.2) is 5.82 Å². The molecule has 0 aliphatic heterocycles. The number of aryl methyl sites for hydroxylation is 1. The Labute approximate surface area is 122 Å². The molecule has 0 fully saturated rings. The van der Waals surface area contributed by atoms with Gasteiger partial charge >= 0.3 is 0 Å². The van der Waals surface area contributed by atoms with E-state index in [0.29, 0.717) is 22.9 Å². The number of nitriles is 1. The molecule has 2 N–H and O–H groups in total. The number of pyridine rings is 1. The Hall–Kier alpha value is -3.13. The predicted octanol–water partition coefficient (Wildman–Crippen LogP) is 2.70. The lowest BCUT2D eigenvalue weighted by atomic mass is 10.1. The highest BCUT2D eigenvalue weighted by molar-refractivity contribution is 5.73. The average molecular weight is 275 g/mol. The zero-order chi connectivity index (χ0) is 14.8. The molecule has 0 radical (unpaired) electrons. The maximum absolute atomic E-state index is 9.37. The summed E-state index contributed by atoms with van der Waals surface area (Å²) in [6.07, 6.45) is 1.66. The van der Waals surface area contributed by atoms with Gasteiger partial charge in [-0.1, -0.05) is 35.9 Å². The molecule has 0 unspecified atom stereocenters. The van der Waals surface area contributed by atoms with Gasteiger partial charge in [0.2, 0.25) is 0 Å². The smallest absolute Gasteiger partial charge is 0.155 e. The van der Waals surface area contributed by atoms with E-state index in [1.165, 1.54) is 4.68 Å². The fraction of sp³-hybridized carbons (Fsp3) is 0.0625.